The third-order valence-electron chi connectivity index (χ3n) is 4.93. The second-order valence-corrected chi connectivity index (χ2v) is 6.68. The lowest BCUT2D eigenvalue weighted by atomic mass is 10.1. The van der Waals surface area contributed by atoms with Crippen LogP contribution in [-0.4, -0.2) is 51.4 Å². The summed E-state index contributed by atoms with van der Waals surface area (Å²) in [7, 11) is 4.75. The first-order valence-electron chi connectivity index (χ1n) is 9.39. The van der Waals surface area contributed by atoms with E-state index < -0.39 is 0 Å². The second-order valence-electron chi connectivity index (χ2n) is 6.68. The van der Waals surface area contributed by atoms with Gasteiger partial charge in [-0.1, -0.05) is 12.1 Å². The lowest BCUT2D eigenvalue weighted by Gasteiger charge is -2.18. The molecule has 1 aliphatic heterocycles. The maximum atomic E-state index is 12.5. The number of hydrogen-bond acceptors (Lipinski definition) is 6. The van der Waals surface area contributed by atoms with E-state index in [-0.39, 0.29) is 11.9 Å². The smallest absolute Gasteiger partial charge is 0.220 e. The number of carbonyl (C=O) groups excluding carboxylic acids is 1. The van der Waals surface area contributed by atoms with Crippen LogP contribution in [0.1, 0.15) is 18.4 Å². The molecule has 2 heterocycles. The van der Waals surface area contributed by atoms with Crippen molar-refractivity contribution in [3.8, 4) is 17.2 Å². The zero-order valence-electron chi connectivity index (χ0n) is 16.6. The fraction of sp³-hybridized carbons (Fsp3) is 0.429. The van der Waals surface area contributed by atoms with E-state index in [9.17, 15) is 4.79 Å². The molecule has 0 saturated carbocycles. The second kappa shape index (κ2) is 9.30. The zero-order chi connectivity index (χ0) is 19.9. The SMILES string of the molecule is COc1ccc(CCC(=O)NC2CCN(c3ccccn3)C2)c(OC)c1OC. The average Bonchev–Trinajstić information content (AvgIpc) is 3.20. The fourth-order valence-electron chi connectivity index (χ4n) is 3.54. The van der Waals surface area contributed by atoms with Crippen molar-refractivity contribution in [3.05, 3.63) is 42.1 Å². The van der Waals surface area contributed by atoms with E-state index in [4.69, 9.17) is 14.2 Å². The summed E-state index contributed by atoms with van der Waals surface area (Å²) in [5.41, 5.74) is 0.914. The van der Waals surface area contributed by atoms with Crippen LogP contribution in [-0.2, 0) is 11.2 Å². The van der Waals surface area contributed by atoms with E-state index in [1.807, 2.05) is 30.3 Å². The van der Waals surface area contributed by atoms with Crippen LogP contribution in [0.4, 0.5) is 5.82 Å². The summed E-state index contributed by atoms with van der Waals surface area (Å²) in [5, 5.41) is 3.13. The minimum atomic E-state index is 0.0321. The maximum Gasteiger partial charge on any atom is 0.220 e. The highest BCUT2D eigenvalue weighted by Gasteiger charge is 2.25. The van der Waals surface area contributed by atoms with Gasteiger partial charge in [-0.25, -0.2) is 4.98 Å². The van der Waals surface area contributed by atoms with E-state index in [0.717, 1.165) is 30.9 Å². The van der Waals surface area contributed by atoms with Crippen molar-refractivity contribution < 1.29 is 19.0 Å². The topological polar surface area (TPSA) is 72.9 Å². The van der Waals surface area contributed by atoms with Crippen LogP contribution >= 0.6 is 0 Å². The molecule has 1 aliphatic rings. The first kappa shape index (κ1) is 19.8. The number of amides is 1. The number of benzene rings is 1. The van der Waals surface area contributed by atoms with Gasteiger partial charge in [-0.2, -0.15) is 0 Å². The zero-order valence-corrected chi connectivity index (χ0v) is 16.6. The summed E-state index contributed by atoms with van der Waals surface area (Å²) in [6.45, 7) is 1.67. The molecule has 28 heavy (non-hydrogen) atoms. The van der Waals surface area contributed by atoms with Crippen LogP contribution < -0.4 is 24.4 Å². The van der Waals surface area contributed by atoms with Crippen molar-refractivity contribution in [2.24, 2.45) is 0 Å². The van der Waals surface area contributed by atoms with Crippen molar-refractivity contribution in [2.45, 2.75) is 25.3 Å². The minimum absolute atomic E-state index is 0.0321. The molecule has 3 rings (SSSR count). The van der Waals surface area contributed by atoms with E-state index in [1.54, 1.807) is 27.5 Å². The molecular formula is C21H27N3O4. The Balaban J connectivity index is 1.55. The molecule has 1 atom stereocenters. The van der Waals surface area contributed by atoms with Crippen LogP contribution in [0, 0.1) is 0 Å². The maximum absolute atomic E-state index is 12.5. The first-order valence-corrected chi connectivity index (χ1v) is 9.39. The summed E-state index contributed by atoms with van der Waals surface area (Å²) >= 11 is 0. The molecule has 1 N–H and O–H groups in total. The molecule has 0 spiro atoms. The Bertz CT molecular complexity index is 798. The van der Waals surface area contributed by atoms with Crippen molar-refractivity contribution in [1.82, 2.24) is 10.3 Å². The molecule has 1 fully saturated rings. The molecule has 1 amide bonds. The largest absolute Gasteiger partial charge is 0.493 e. The quantitative estimate of drug-likeness (QED) is 0.752. The molecule has 1 aromatic heterocycles. The molecule has 7 nitrogen and oxygen atoms in total. The Morgan fingerprint density at radius 1 is 1.14 bits per heavy atom. The number of carbonyl (C=O) groups is 1. The van der Waals surface area contributed by atoms with Gasteiger partial charge in [0.15, 0.2) is 11.5 Å². The predicted molar refractivity (Wildman–Crippen MR) is 107 cm³/mol. The van der Waals surface area contributed by atoms with Crippen LogP contribution in [0.2, 0.25) is 0 Å². The molecule has 1 unspecified atom stereocenters. The summed E-state index contributed by atoms with van der Waals surface area (Å²) in [6.07, 6.45) is 3.65. The summed E-state index contributed by atoms with van der Waals surface area (Å²) in [5.74, 6) is 2.74. The van der Waals surface area contributed by atoms with Crippen molar-refractivity contribution in [1.29, 1.82) is 0 Å². The Morgan fingerprint density at radius 3 is 2.64 bits per heavy atom. The molecule has 1 saturated heterocycles. The molecule has 150 valence electrons. The number of anilines is 1. The number of nitrogens with one attached hydrogen (secondary N) is 1. The number of pyridine rings is 1. The lowest BCUT2D eigenvalue weighted by molar-refractivity contribution is -0.121. The number of nitrogens with zero attached hydrogens (tertiary/aromatic N) is 2. The Morgan fingerprint density at radius 2 is 1.96 bits per heavy atom. The van der Waals surface area contributed by atoms with Crippen LogP contribution in [0.5, 0.6) is 17.2 Å². The van der Waals surface area contributed by atoms with Crippen LogP contribution in [0.25, 0.3) is 0 Å². The number of ether oxygens (including phenoxy) is 3. The highest BCUT2D eigenvalue weighted by atomic mass is 16.5. The van der Waals surface area contributed by atoms with Gasteiger partial charge in [0.1, 0.15) is 5.82 Å². The number of methoxy groups -OCH3 is 3. The van der Waals surface area contributed by atoms with Gasteiger partial charge in [0.25, 0.3) is 0 Å². The molecule has 2 aromatic rings. The van der Waals surface area contributed by atoms with Gasteiger partial charge in [0, 0.05) is 31.7 Å². The molecular weight excluding hydrogens is 358 g/mol. The average molecular weight is 385 g/mol. The number of rotatable bonds is 8. The van der Waals surface area contributed by atoms with E-state index in [0.29, 0.717) is 30.1 Å². The number of aryl methyl sites for hydroxylation is 1. The van der Waals surface area contributed by atoms with Gasteiger partial charge in [0.05, 0.1) is 21.3 Å². The summed E-state index contributed by atoms with van der Waals surface area (Å²) < 4.78 is 16.2. The lowest BCUT2D eigenvalue weighted by Crippen LogP contribution is -2.37. The molecule has 0 radical (unpaired) electrons. The van der Waals surface area contributed by atoms with Gasteiger partial charge in [-0.3, -0.25) is 4.79 Å². The van der Waals surface area contributed by atoms with E-state index in [2.05, 4.69) is 15.2 Å². The van der Waals surface area contributed by atoms with Crippen LogP contribution in [0.15, 0.2) is 36.5 Å². The summed E-state index contributed by atoms with van der Waals surface area (Å²) in [4.78, 5) is 19.0. The van der Waals surface area contributed by atoms with Gasteiger partial charge in [0.2, 0.25) is 11.7 Å². The fourth-order valence-corrected chi connectivity index (χ4v) is 3.54. The van der Waals surface area contributed by atoms with E-state index >= 15 is 0 Å². The van der Waals surface area contributed by atoms with Gasteiger partial charge in [-0.15, -0.1) is 0 Å². The first-order chi connectivity index (χ1) is 13.7. The Kier molecular flexibility index (Phi) is 6.57. The Hall–Kier alpha value is -2.96. The highest BCUT2D eigenvalue weighted by molar-refractivity contribution is 5.77. The third-order valence-corrected chi connectivity index (χ3v) is 4.93. The molecule has 1 aromatic carbocycles. The van der Waals surface area contributed by atoms with Crippen molar-refractivity contribution in [3.63, 3.8) is 0 Å². The predicted octanol–water partition coefficient (Wildman–Crippen LogP) is 2.44. The monoisotopic (exact) mass is 385 g/mol. The standard InChI is InChI=1S/C21H27N3O4/c1-26-17-9-7-15(20(27-2)21(17)28-3)8-10-19(25)23-16-11-13-24(14-16)18-6-4-5-12-22-18/h4-7,9,12,16H,8,10-11,13-14H2,1-3H3,(H,23,25). The van der Waals surface area contributed by atoms with Crippen LogP contribution in [0.3, 0.4) is 0 Å². The van der Waals surface area contributed by atoms with Crippen molar-refractivity contribution in [2.75, 3.05) is 39.3 Å². The number of aromatic nitrogens is 1. The van der Waals surface area contributed by atoms with E-state index in [1.165, 1.54) is 0 Å². The van der Waals surface area contributed by atoms with Gasteiger partial charge in [-0.05, 0) is 36.6 Å². The normalized spacial score (nSPS) is 16.0. The Labute approximate surface area is 165 Å². The van der Waals surface area contributed by atoms with Gasteiger partial charge < -0.3 is 24.4 Å². The summed E-state index contributed by atoms with van der Waals surface area (Å²) in [6, 6.07) is 9.75. The number of hydrogen-bond donors (Lipinski definition) is 1. The highest BCUT2D eigenvalue weighted by Crippen LogP contribution is 2.40. The molecule has 0 bridgehead atoms. The molecule has 0 aliphatic carbocycles. The van der Waals surface area contributed by atoms with Gasteiger partial charge >= 0.3 is 0 Å². The van der Waals surface area contributed by atoms with Crippen molar-refractivity contribution >= 4 is 11.7 Å². The third kappa shape index (κ3) is 4.47. The minimum Gasteiger partial charge on any atom is -0.493 e. The molecule has 7 heteroatoms.